The van der Waals surface area contributed by atoms with Crippen LogP contribution in [0, 0.1) is 0 Å². The Kier molecular flexibility index (Phi) is 2.90. The Hall–Kier alpha value is -1.10. The summed E-state index contributed by atoms with van der Waals surface area (Å²) in [5.41, 5.74) is 1.16. The molecule has 5 heteroatoms. The van der Waals surface area contributed by atoms with Gasteiger partial charge in [-0.05, 0) is 12.5 Å². The first-order valence-electron chi connectivity index (χ1n) is 4.81. The van der Waals surface area contributed by atoms with Gasteiger partial charge in [-0.1, -0.05) is 15.9 Å². The van der Waals surface area contributed by atoms with Gasteiger partial charge in [-0.2, -0.15) is 0 Å². The SMILES string of the molecule is CNC(=O)CC1Cc2c(Br)ccnc2N1. The monoisotopic (exact) mass is 269 g/mol. The van der Waals surface area contributed by atoms with Crippen molar-refractivity contribution in [2.45, 2.75) is 18.9 Å². The van der Waals surface area contributed by atoms with Crippen molar-refractivity contribution in [1.29, 1.82) is 0 Å². The van der Waals surface area contributed by atoms with E-state index in [2.05, 4.69) is 31.5 Å². The second-order valence-corrected chi connectivity index (χ2v) is 4.40. The highest BCUT2D eigenvalue weighted by Gasteiger charge is 2.24. The van der Waals surface area contributed by atoms with Crippen LogP contribution in [0.1, 0.15) is 12.0 Å². The summed E-state index contributed by atoms with van der Waals surface area (Å²) in [7, 11) is 1.65. The summed E-state index contributed by atoms with van der Waals surface area (Å²) in [6, 6.07) is 2.08. The number of fused-ring (bicyclic) bond motifs is 1. The third kappa shape index (κ3) is 2.12. The van der Waals surface area contributed by atoms with Crippen LogP contribution in [0.3, 0.4) is 0 Å². The lowest BCUT2D eigenvalue weighted by molar-refractivity contribution is -0.120. The van der Waals surface area contributed by atoms with E-state index in [1.807, 2.05) is 6.07 Å². The Morgan fingerprint density at radius 3 is 3.27 bits per heavy atom. The van der Waals surface area contributed by atoms with E-state index in [1.54, 1.807) is 13.2 Å². The third-order valence-corrected chi connectivity index (χ3v) is 3.24. The van der Waals surface area contributed by atoms with Gasteiger partial charge in [0.2, 0.25) is 5.91 Å². The summed E-state index contributed by atoms with van der Waals surface area (Å²) >= 11 is 3.48. The zero-order valence-corrected chi connectivity index (χ0v) is 9.97. The molecule has 0 bridgehead atoms. The molecule has 2 N–H and O–H groups in total. The van der Waals surface area contributed by atoms with Gasteiger partial charge >= 0.3 is 0 Å². The molecular formula is C10H12BrN3O. The van der Waals surface area contributed by atoms with Crippen LogP contribution in [0.2, 0.25) is 0 Å². The fourth-order valence-corrected chi connectivity index (χ4v) is 2.20. The Morgan fingerprint density at radius 2 is 2.60 bits per heavy atom. The zero-order valence-electron chi connectivity index (χ0n) is 8.38. The molecule has 80 valence electrons. The molecule has 1 aromatic rings. The van der Waals surface area contributed by atoms with Gasteiger partial charge in [0.15, 0.2) is 0 Å². The Balaban J connectivity index is 2.09. The second-order valence-electron chi connectivity index (χ2n) is 3.54. The maximum absolute atomic E-state index is 11.2. The average Bonchev–Trinajstić information content (AvgIpc) is 2.62. The van der Waals surface area contributed by atoms with Crippen molar-refractivity contribution in [3.63, 3.8) is 0 Å². The predicted octanol–water partition coefficient (Wildman–Crippen LogP) is 1.32. The van der Waals surface area contributed by atoms with Gasteiger partial charge in [0.1, 0.15) is 5.82 Å². The van der Waals surface area contributed by atoms with Gasteiger partial charge in [0.05, 0.1) is 0 Å². The highest BCUT2D eigenvalue weighted by molar-refractivity contribution is 9.10. The van der Waals surface area contributed by atoms with Gasteiger partial charge < -0.3 is 10.6 Å². The number of carbonyl (C=O) groups is 1. The van der Waals surface area contributed by atoms with Crippen molar-refractivity contribution < 1.29 is 4.79 Å². The van der Waals surface area contributed by atoms with E-state index >= 15 is 0 Å². The molecule has 0 fully saturated rings. The van der Waals surface area contributed by atoms with Crippen LogP contribution in [-0.4, -0.2) is 24.0 Å². The van der Waals surface area contributed by atoms with Gasteiger partial charge in [0.25, 0.3) is 0 Å². The summed E-state index contributed by atoms with van der Waals surface area (Å²) in [5, 5.41) is 5.86. The number of nitrogens with one attached hydrogen (secondary N) is 2. The molecule has 1 aliphatic rings. The maximum atomic E-state index is 11.2. The molecular weight excluding hydrogens is 258 g/mol. The Morgan fingerprint density at radius 1 is 1.80 bits per heavy atom. The lowest BCUT2D eigenvalue weighted by atomic mass is 10.1. The normalized spacial score (nSPS) is 18.1. The molecule has 0 aromatic carbocycles. The predicted molar refractivity (Wildman–Crippen MR) is 61.7 cm³/mol. The summed E-state index contributed by atoms with van der Waals surface area (Å²) in [6.45, 7) is 0. The van der Waals surface area contributed by atoms with Crippen molar-refractivity contribution in [2.75, 3.05) is 12.4 Å². The average molecular weight is 270 g/mol. The molecule has 1 amide bonds. The van der Waals surface area contributed by atoms with E-state index in [4.69, 9.17) is 0 Å². The van der Waals surface area contributed by atoms with Crippen molar-refractivity contribution in [3.05, 3.63) is 22.3 Å². The van der Waals surface area contributed by atoms with Crippen LogP contribution in [0.25, 0.3) is 0 Å². The molecule has 1 aromatic heterocycles. The number of pyridine rings is 1. The number of rotatable bonds is 2. The molecule has 2 rings (SSSR count). The summed E-state index contributed by atoms with van der Waals surface area (Å²) in [6.07, 6.45) is 3.08. The smallest absolute Gasteiger partial charge is 0.221 e. The van der Waals surface area contributed by atoms with Gasteiger partial charge in [-0.15, -0.1) is 0 Å². The minimum Gasteiger partial charge on any atom is -0.366 e. The Bertz CT molecular complexity index is 394. The molecule has 0 aliphatic carbocycles. The summed E-state index contributed by atoms with van der Waals surface area (Å²) < 4.78 is 1.06. The number of nitrogens with zero attached hydrogens (tertiary/aromatic N) is 1. The van der Waals surface area contributed by atoms with E-state index in [0.717, 1.165) is 22.3 Å². The number of hydrogen-bond donors (Lipinski definition) is 2. The number of aromatic nitrogens is 1. The maximum Gasteiger partial charge on any atom is 0.221 e. The van der Waals surface area contributed by atoms with E-state index < -0.39 is 0 Å². The van der Waals surface area contributed by atoms with Gasteiger partial charge in [0, 0.05) is 35.7 Å². The molecule has 0 saturated carbocycles. The first kappa shape index (κ1) is 10.4. The summed E-state index contributed by atoms with van der Waals surface area (Å²) in [4.78, 5) is 15.5. The zero-order chi connectivity index (χ0) is 10.8. The first-order valence-corrected chi connectivity index (χ1v) is 5.60. The topological polar surface area (TPSA) is 54.0 Å². The number of amides is 1. The molecule has 0 radical (unpaired) electrons. The van der Waals surface area contributed by atoms with Crippen LogP contribution in [0.5, 0.6) is 0 Å². The lowest BCUT2D eigenvalue weighted by Gasteiger charge is -2.08. The fraction of sp³-hybridized carbons (Fsp3) is 0.400. The van der Waals surface area contributed by atoms with Crippen LogP contribution in [-0.2, 0) is 11.2 Å². The minimum atomic E-state index is 0.0522. The molecule has 2 heterocycles. The van der Waals surface area contributed by atoms with Crippen molar-refractivity contribution in [2.24, 2.45) is 0 Å². The van der Waals surface area contributed by atoms with E-state index in [-0.39, 0.29) is 11.9 Å². The molecule has 0 saturated heterocycles. The number of halogens is 1. The molecule has 1 aliphatic heterocycles. The fourth-order valence-electron chi connectivity index (χ4n) is 1.73. The number of hydrogen-bond acceptors (Lipinski definition) is 3. The highest BCUT2D eigenvalue weighted by atomic mass is 79.9. The van der Waals surface area contributed by atoms with Crippen molar-refractivity contribution in [3.8, 4) is 0 Å². The molecule has 4 nitrogen and oxygen atoms in total. The van der Waals surface area contributed by atoms with E-state index in [1.165, 1.54) is 0 Å². The van der Waals surface area contributed by atoms with Crippen LogP contribution in [0.15, 0.2) is 16.7 Å². The van der Waals surface area contributed by atoms with Gasteiger partial charge in [-0.3, -0.25) is 4.79 Å². The largest absolute Gasteiger partial charge is 0.366 e. The van der Waals surface area contributed by atoms with Crippen molar-refractivity contribution >= 4 is 27.7 Å². The lowest BCUT2D eigenvalue weighted by Crippen LogP contribution is -2.27. The van der Waals surface area contributed by atoms with Crippen LogP contribution in [0.4, 0.5) is 5.82 Å². The molecule has 1 unspecified atom stereocenters. The number of carbonyl (C=O) groups excluding carboxylic acids is 1. The molecule has 0 spiro atoms. The quantitative estimate of drug-likeness (QED) is 0.852. The van der Waals surface area contributed by atoms with Gasteiger partial charge in [-0.25, -0.2) is 4.98 Å². The van der Waals surface area contributed by atoms with E-state index in [9.17, 15) is 4.79 Å². The van der Waals surface area contributed by atoms with Crippen LogP contribution >= 0.6 is 15.9 Å². The summed E-state index contributed by atoms with van der Waals surface area (Å²) in [5.74, 6) is 0.940. The molecule has 15 heavy (non-hydrogen) atoms. The second kappa shape index (κ2) is 4.18. The Labute approximate surface area is 96.6 Å². The number of anilines is 1. The molecule has 1 atom stereocenters. The highest BCUT2D eigenvalue weighted by Crippen LogP contribution is 2.30. The standard InChI is InChI=1S/C10H12BrN3O/c1-12-9(15)5-6-4-7-8(11)2-3-13-10(7)14-6/h2-3,6H,4-5H2,1H3,(H,12,15)(H,13,14). The minimum absolute atomic E-state index is 0.0522. The first-order chi connectivity index (χ1) is 7.20. The third-order valence-electron chi connectivity index (χ3n) is 2.50. The van der Waals surface area contributed by atoms with E-state index in [0.29, 0.717) is 6.42 Å². The van der Waals surface area contributed by atoms with Crippen LogP contribution < -0.4 is 10.6 Å². The van der Waals surface area contributed by atoms with Crippen molar-refractivity contribution in [1.82, 2.24) is 10.3 Å².